The summed E-state index contributed by atoms with van der Waals surface area (Å²) in [7, 11) is 0. The third-order valence-electron chi connectivity index (χ3n) is 1.72. The minimum Gasteiger partial charge on any atom is -0.394 e. The maximum absolute atomic E-state index is 11.2. The zero-order chi connectivity index (χ0) is 10.8. The molecule has 5 nitrogen and oxygen atoms in total. The second kappa shape index (κ2) is 8.93. The number of hydrogen-bond acceptors (Lipinski definition) is 4. The second-order valence-electron chi connectivity index (χ2n) is 3.02. The maximum atomic E-state index is 11.2. The number of hydrogen-bond donors (Lipinski definition) is 3. The van der Waals surface area contributed by atoms with Gasteiger partial charge in [-0.2, -0.15) is 0 Å². The molecule has 14 heavy (non-hydrogen) atoms. The molecule has 84 valence electrons. The molecule has 0 aromatic carbocycles. The van der Waals surface area contributed by atoms with Crippen LogP contribution in [0.15, 0.2) is 0 Å². The highest BCUT2D eigenvalue weighted by Crippen LogP contribution is 1.92. The summed E-state index contributed by atoms with van der Waals surface area (Å²) in [6.07, 6.45) is 1.60. The summed E-state index contributed by atoms with van der Waals surface area (Å²) in [6, 6.07) is -0.419. The molecule has 5 heteroatoms. The van der Waals surface area contributed by atoms with Crippen molar-refractivity contribution in [2.45, 2.75) is 25.8 Å². The minimum atomic E-state index is -0.419. The van der Waals surface area contributed by atoms with E-state index in [4.69, 9.17) is 15.6 Å². The molecule has 0 radical (unpaired) electrons. The van der Waals surface area contributed by atoms with Gasteiger partial charge in [0.2, 0.25) is 5.91 Å². The third-order valence-corrected chi connectivity index (χ3v) is 1.72. The second-order valence-corrected chi connectivity index (χ2v) is 3.02. The number of aliphatic hydroxyl groups is 1. The normalized spacial score (nSPS) is 12.5. The van der Waals surface area contributed by atoms with Gasteiger partial charge in [0.15, 0.2) is 0 Å². The number of amides is 1. The molecule has 0 saturated carbocycles. The van der Waals surface area contributed by atoms with E-state index in [1.54, 1.807) is 0 Å². The van der Waals surface area contributed by atoms with Crippen molar-refractivity contribution in [1.82, 2.24) is 5.32 Å². The van der Waals surface area contributed by atoms with Crippen molar-refractivity contribution in [2.75, 3.05) is 26.4 Å². The number of nitrogens with one attached hydrogen (secondary N) is 1. The van der Waals surface area contributed by atoms with E-state index in [1.165, 1.54) is 0 Å². The first-order valence-corrected chi connectivity index (χ1v) is 4.94. The molecule has 0 saturated heterocycles. The fourth-order valence-corrected chi connectivity index (χ4v) is 0.986. The fourth-order valence-electron chi connectivity index (χ4n) is 0.986. The van der Waals surface area contributed by atoms with Crippen LogP contribution in [-0.2, 0) is 9.53 Å². The molecule has 0 aromatic heterocycles. The number of nitrogens with two attached hydrogens (primary N) is 1. The van der Waals surface area contributed by atoms with Gasteiger partial charge in [0.05, 0.1) is 25.9 Å². The number of carbonyl (C=O) groups is 1. The van der Waals surface area contributed by atoms with E-state index in [1.807, 2.05) is 6.92 Å². The first-order chi connectivity index (χ1) is 6.72. The largest absolute Gasteiger partial charge is 0.394 e. The highest BCUT2D eigenvalue weighted by Gasteiger charge is 2.10. The molecule has 0 fully saturated rings. The molecule has 0 rings (SSSR count). The smallest absolute Gasteiger partial charge is 0.236 e. The van der Waals surface area contributed by atoms with E-state index >= 15 is 0 Å². The lowest BCUT2D eigenvalue weighted by Crippen LogP contribution is -2.41. The van der Waals surface area contributed by atoms with Crippen molar-refractivity contribution in [1.29, 1.82) is 0 Å². The van der Waals surface area contributed by atoms with E-state index in [0.717, 1.165) is 6.42 Å². The van der Waals surface area contributed by atoms with Crippen molar-refractivity contribution in [2.24, 2.45) is 5.73 Å². The number of ether oxygens (including phenoxy) is 1. The molecule has 0 heterocycles. The summed E-state index contributed by atoms with van der Waals surface area (Å²) in [5.41, 5.74) is 5.58. The Labute approximate surface area is 84.6 Å². The van der Waals surface area contributed by atoms with Crippen LogP contribution >= 0.6 is 0 Å². The zero-order valence-electron chi connectivity index (χ0n) is 8.66. The molecular weight excluding hydrogens is 184 g/mol. The van der Waals surface area contributed by atoms with Gasteiger partial charge in [-0.05, 0) is 6.42 Å². The Hall–Kier alpha value is -0.650. The van der Waals surface area contributed by atoms with Gasteiger partial charge in [-0.15, -0.1) is 0 Å². The molecule has 4 N–H and O–H groups in total. The predicted molar refractivity (Wildman–Crippen MR) is 53.8 cm³/mol. The Bertz CT molecular complexity index is 153. The van der Waals surface area contributed by atoms with Crippen LogP contribution in [0, 0.1) is 0 Å². The lowest BCUT2D eigenvalue weighted by atomic mass is 10.2. The highest BCUT2D eigenvalue weighted by atomic mass is 16.5. The SMILES string of the molecule is CCC[C@H](N)C(=O)NCCOCCO. The molecule has 0 aliphatic rings. The zero-order valence-corrected chi connectivity index (χ0v) is 8.66. The van der Waals surface area contributed by atoms with Crippen molar-refractivity contribution in [3.63, 3.8) is 0 Å². The summed E-state index contributed by atoms with van der Waals surface area (Å²) in [5.74, 6) is -0.139. The maximum Gasteiger partial charge on any atom is 0.236 e. The lowest BCUT2D eigenvalue weighted by Gasteiger charge is -2.10. The summed E-state index contributed by atoms with van der Waals surface area (Å²) >= 11 is 0. The van der Waals surface area contributed by atoms with Crippen molar-refractivity contribution < 1.29 is 14.6 Å². The van der Waals surface area contributed by atoms with Crippen LogP contribution < -0.4 is 11.1 Å². The molecule has 0 aliphatic carbocycles. The Kier molecular flexibility index (Phi) is 8.51. The van der Waals surface area contributed by atoms with E-state index in [2.05, 4.69) is 5.32 Å². The van der Waals surface area contributed by atoms with E-state index in [0.29, 0.717) is 26.2 Å². The summed E-state index contributed by atoms with van der Waals surface area (Å²) in [4.78, 5) is 11.2. The molecular formula is C9H20N2O3. The van der Waals surface area contributed by atoms with Crippen LogP contribution in [0.3, 0.4) is 0 Å². The number of carbonyl (C=O) groups excluding carboxylic acids is 1. The van der Waals surface area contributed by atoms with Gasteiger partial charge in [0.25, 0.3) is 0 Å². The standard InChI is InChI=1S/C9H20N2O3/c1-2-3-8(10)9(13)11-4-6-14-7-5-12/h8,12H,2-7,10H2,1H3,(H,11,13)/t8-/m0/s1. The van der Waals surface area contributed by atoms with Crippen LogP contribution in [0.2, 0.25) is 0 Å². The molecule has 0 bridgehead atoms. The van der Waals surface area contributed by atoms with Gasteiger partial charge in [0.1, 0.15) is 0 Å². The Morgan fingerprint density at radius 2 is 2.29 bits per heavy atom. The molecule has 0 spiro atoms. The van der Waals surface area contributed by atoms with Crippen molar-refractivity contribution >= 4 is 5.91 Å². The summed E-state index contributed by atoms with van der Waals surface area (Å²) < 4.78 is 4.97. The average Bonchev–Trinajstić information content (AvgIpc) is 2.17. The average molecular weight is 204 g/mol. The summed E-state index contributed by atoms with van der Waals surface area (Å²) in [5, 5.41) is 11.1. The molecule has 1 amide bonds. The van der Waals surface area contributed by atoms with Crippen LogP contribution in [0.25, 0.3) is 0 Å². The lowest BCUT2D eigenvalue weighted by molar-refractivity contribution is -0.122. The Morgan fingerprint density at radius 3 is 2.86 bits per heavy atom. The van der Waals surface area contributed by atoms with Gasteiger partial charge >= 0.3 is 0 Å². The van der Waals surface area contributed by atoms with Gasteiger partial charge in [-0.25, -0.2) is 0 Å². The van der Waals surface area contributed by atoms with Gasteiger partial charge in [-0.3, -0.25) is 4.79 Å². The van der Waals surface area contributed by atoms with E-state index in [-0.39, 0.29) is 12.5 Å². The molecule has 1 atom stereocenters. The van der Waals surface area contributed by atoms with Crippen LogP contribution in [0.4, 0.5) is 0 Å². The minimum absolute atomic E-state index is 0.00327. The molecule has 0 aromatic rings. The van der Waals surface area contributed by atoms with Crippen molar-refractivity contribution in [3.05, 3.63) is 0 Å². The predicted octanol–water partition coefficient (Wildman–Crippen LogP) is -0.761. The topological polar surface area (TPSA) is 84.6 Å². The number of rotatable bonds is 8. The van der Waals surface area contributed by atoms with Crippen molar-refractivity contribution in [3.8, 4) is 0 Å². The monoisotopic (exact) mass is 204 g/mol. The first kappa shape index (κ1) is 13.4. The van der Waals surface area contributed by atoms with Gasteiger partial charge in [-0.1, -0.05) is 13.3 Å². The third kappa shape index (κ3) is 6.82. The number of aliphatic hydroxyl groups excluding tert-OH is 1. The Balaban J connectivity index is 3.34. The molecule has 0 unspecified atom stereocenters. The van der Waals surface area contributed by atoms with E-state index in [9.17, 15) is 4.79 Å². The highest BCUT2D eigenvalue weighted by molar-refractivity contribution is 5.81. The first-order valence-electron chi connectivity index (χ1n) is 4.94. The molecule has 0 aliphatic heterocycles. The van der Waals surface area contributed by atoms with E-state index < -0.39 is 6.04 Å². The van der Waals surface area contributed by atoms with Gasteiger partial charge in [0, 0.05) is 6.54 Å². The van der Waals surface area contributed by atoms with Crippen LogP contribution in [0.1, 0.15) is 19.8 Å². The van der Waals surface area contributed by atoms with Crippen LogP contribution in [-0.4, -0.2) is 43.4 Å². The summed E-state index contributed by atoms with van der Waals surface area (Å²) in [6.45, 7) is 3.14. The quantitative estimate of drug-likeness (QED) is 0.454. The fraction of sp³-hybridized carbons (Fsp3) is 0.889. The van der Waals surface area contributed by atoms with Gasteiger partial charge < -0.3 is 20.9 Å². The Morgan fingerprint density at radius 1 is 1.57 bits per heavy atom. The van der Waals surface area contributed by atoms with Crippen LogP contribution in [0.5, 0.6) is 0 Å².